The smallest absolute Gasteiger partial charge is 0.246 e. The molecule has 0 radical (unpaired) electrons. The fourth-order valence-corrected chi connectivity index (χ4v) is 3.95. The maximum atomic E-state index is 12.5. The second kappa shape index (κ2) is 7.52. The van der Waals surface area contributed by atoms with Crippen molar-refractivity contribution in [3.05, 3.63) is 58.1 Å². The van der Waals surface area contributed by atoms with Crippen molar-refractivity contribution >= 4 is 23.3 Å². The van der Waals surface area contributed by atoms with Crippen LogP contribution in [0.1, 0.15) is 55.7 Å². The third-order valence-electron chi connectivity index (χ3n) is 4.73. The molecule has 1 atom stereocenters. The van der Waals surface area contributed by atoms with E-state index < -0.39 is 0 Å². The zero-order chi connectivity index (χ0) is 17.9. The van der Waals surface area contributed by atoms with Crippen LogP contribution >= 0.6 is 11.3 Å². The molecule has 0 saturated carbocycles. The van der Waals surface area contributed by atoms with Crippen LogP contribution in [0.4, 0.5) is 0 Å². The Morgan fingerprint density at radius 2 is 2.04 bits per heavy atom. The summed E-state index contributed by atoms with van der Waals surface area (Å²) in [4.78, 5) is 18.9. The van der Waals surface area contributed by atoms with Gasteiger partial charge in [0.1, 0.15) is 0 Å². The number of aromatic nitrogens is 1. The minimum absolute atomic E-state index is 0.0983. The van der Waals surface area contributed by atoms with Crippen molar-refractivity contribution in [2.75, 3.05) is 13.1 Å². The largest absolute Gasteiger partial charge is 0.338 e. The van der Waals surface area contributed by atoms with Crippen LogP contribution in [0.25, 0.3) is 6.08 Å². The van der Waals surface area contributed by atoms with Crippen LogP contribution in [0, 0.1) is 0 Å². The highest BCUT2D eigenvalue weighted by molar-refractivity contribution is 7.09. The van der Waals surface area contributed by atoms with Crippen LogP contribution in [0.5, 0.6) is 0 Å². The van der Waals surface area contributed by atoms with Crippen LogP contribution in [-0.4, -0.2) is 28.9 Å². The van der Waals surface area contributed by atoms with Gasteiger partial charge in [0.05, 0.1) is 5.01 Å². The first kappa shape index (κ1) is 17.9. The molecule has 1 aromatic carbocycles. The molecule has 3 nitrogen and oxygen atoms in total. The first-order valence-electron chi connectivity index (χ1n) is 8.90. The fourth-order valence-electron chi connectivity index (χ4n) is 3.18. The summed E-state index contributed by atoms with van der Waals surface area (Å²) in [5.74, 6) is 0.485. The van der Waals surface area contributed by atoms with Gasteiger partial charge in [-0.1, -0.05) is 45.0 Å². The first-order valence-corrected chi connectivity index (χ1v) is 9.78. The number of rotatable bonds is 3. The zero-order valence-electron chi connectivity index (χ0n) is 15.2. The fraction of sp³-hybridized carbons (Fsp3) is 0.429. The topological polar surface area (TPSA) is 33.2 Å². The van der Waals surface area contributed by atoms with Crippen molar-refractivity contribution in [2.45, 2.75) is 44.9 Å². The van der Waals surface area contributed by atoms with Gasteiger partial charge in [-0.2, -0.15) is 0 Å². The van der Waals surface area contributed by atoms with Gasteiger partial charge in [-0.25, -0.2) is 4.98 Å². The molecule has 0 bridgehead atoms. The van der Waals surface area contributed by atoms with Gasteiger partial charge >= 0.3 is 0 Å². The highest BCUT2D eigenvalue weighted by atomic mass is 32.1. The Labute approximate surface area is 154 Å². The quantitative estimate of drug-likeness (QED) is 0.738. The average Bonchev–Trinajstić information content (AvgIpc) is 3.14. The summed E-state index contributed by atoms with van der Waals surface area (Å²) < 4.78 is 0. The van der Waals surface area contributed by atoms with Crippen molar-refractivity contribution in [3.8, 4) is 0 Å². The Hall–Kier alpha value is -1.94. The van der Waals surface area contributed by atoms with Crippen LogP contribution in [0.2, 0.25) is 0 Å². The Bertz CT molecular complexity index is 726. The van der Waals surface area contributed by atoms with E-state index in [0.717, 1.165) is 36.5 Å². The molecule has 0 spiro atoms. The van der Waals surface area contributed by atoms with Crippen molar-refractivity contribution < 1.29 is 4.79 Å². The molecule has 1 fully saturated rings. The molecular formula is C21H26N2OS. The number of hydrogen-bond acceptors (Lipinski definition) is 3. The average molecular weight is 355 g/mol. The maximum Gasteiger partial charge on any atom is 0.246 e. The molecule has 1 aliphatic rings. The van der Waals surface area contributed by atoms with Gasteiger partial charge in [-0.05, 0) is 35.5 Å². The third kappa shape index (κ3) is 4.57. The van der Waals surface area contributed by atoms with E-state index in [1.807, 2.05) is 22.6 Å². The number of benzene rings is 1. The van der Waals surface area contributed by atoms with E-state index in [-0.39, 0.29) is 11.3 Å². The predicted molar refractivity (Wildman–Crippen MR) is 105 cm³/mol. The molecule has 0 N–H and O–H groups in total. The monoisotopic (exact) mass is 354 g/mol. The molecule has 0 aliphatic carbocycles. The molecule has 132 valence electrons. The van der Waals surface area contributed by atoms with E-state index in [4.69, 9.17) is 0 Å². The minimum Gasteiger partial charge on any atom is -0.338 e. The molecule has 2 aromatic rings. The number of carbonyl (C=O) groups excluding carboxylic acids is 1. The number of amides is 1. The maximum absolute atomic E-state index is 12.5. The Kier molecular flexibility index (Phi) is 5.38. The lowest BCUT2D eigenvalue weighted by Crippen LogP contribution is -2.38. The Morgan fingerprint density at radius 1 is 1.28 bits per heavy atom. The molecule has 1 aromatic heterocycles. The van der Waals surface area contributed by atoms with Gasteiger partial charge in [0, 0.05) is 36.7 Å². The lowest BCUT2D eigenvalue weighted by Gasteiger charge is -2.31. The van der Waals surface area contributed by atoms with Crippen molar-refractivity contribution in [1.82, 2.24) is 9.88 Å². The number of nitrogens with zero attached hydrogens (tertiary/aromatic N) is 2. The van der Waals surface area contributed by atoms with E-state index in [0.29, 0.717) is 5.92 Å². The summed E-state index contributed by atoms with van der Waals surface area (Å²) in [6.07, 6.45) is 7.64. The molecule has 1 saturated heterocycles. The number of likely N-dealkylation sites (tertiary alicyclic amines) is 1. The van der Waals surface area contributed by atoms with Crippen molar-refractivity contribution in [3.63, 3.8) is 0 Å². The molecule has 1 amide bonds. The molecule has 1 unspecified atom stereocenters. The van der Waals surface area contributed by atoms with Crippen LogP contribution in [0.15, 0.2) is 41.9 Å². The highest BCUT2D eigenvalue weighted by Gasteiger charge is 2.25. The predicted octanol–water partition coefficient (Wildman–Crippen LogP) is 4.86. The number of piperidine rings is 1. The molecule has 25 heavy (non-hydrogen) atoms. The summed E-state index contributed by atoms with van der Waals surface area (Å²) in [5.41, 5.74) is 2.52. The van der Waals surface area contributed by atoms with Crippen LogP contribution < -0.4 is 0 Å². The summed E-state index contributed by atoms with van der Waals surface area (Å²) in [6.45, 7) is 8.23. The van der Waals surface area contributed by atoms with Crippen LogP contribution in [0.3, 0.4) is 0 Å². The summed E-state index contributed by atoms with van der Waals surface area (Å²) in [6, 6.07) is 8.45. The SMILES string of the molecule is CC(C)(C)c1ccc(/C=C/C(=O)N2CCCC(c3nccs3)C2)cc1. The number of thiazole rings is 1. The molecule has 2 heterocycles. The second-order valence-electron chi connectivity index (χ2n) is 7.70. The lowest BCUT2D eigenvalue weighted by molar-refractivity contribution is -0.127. The summed E-state index contributed by atoms with van der Waals surface area (Å²) in [5, 5.41) is 3.16. The van der Waals surface area contributed by atoms with Crippen molar-refractivity contribution in [1.29, 1.82) is 0 Å². The highest BCUT2D eigenvalue weighted by Crippen LogP contribution is 2.28. The van der Waals surface area contributed by atoms with Crippen LogP contribution in [-0.2, 0) is 10.2 Å². The molecular weight excluding hydrogens is 328 g/mol. The third-order valence-corrected chi connectivity index (χ3v) is 5.67. The summed E-state index contributed by atoms with van der Waals surface area (Å²) >= 11 is 1.69. The van der Waals surface area contributed by atoms with E-state index in [1.165, 1.54) is 5.56 Å². The number of hydrogen-bond donors (Lipinski definition) is 0. The summed E-state index contributed by atoms with van der Waals surface area (Å²) in [7, 11) is 0. The first-order chi connectivity index (χ1) is 11.9. The van der Waals surface area contributed by atoms with Gasteiger partial charge in [-0.3, -0.25) is 4.79 Å². The normalized spacial score (nSPS) is 18.7. The van der Waals surface area contributed by atoms with Crippen molar-refractivity contribution in [2.24, 2.45) is 0 Å². The molecule has 1 aliphatic heterocycles. The standard InChI is InChI=1S/C21H26N2OS/c1-21(2,3)18-9-6-16(7-10-18)8-11-19(24)23-13-4-5-17(15-23)20-22-12-14-25-20/h6-12,14,17H,4-5,13,15H2,1-3H3/b11-8+. The van der Waals surface area contributed by atoms with E-state index in [1.54, 1.807) is 17.4 Å². The van der Waals surface area contributed by atoms with Gasteiger partial charge in [0.25, 0.3) is 0 Å². The molecule has 3 rings (SSSR count). The lowest BCUT2D eigenvalue weighted by atomic mass is 9.87. The number of carbonyl (C=O) groups is 1. The van der Waals surface area contributed by atoms with E-state index in [9.17, 15) is 4.79 Å². The molecule has 4 heteroatoms. The van der Waals surface area contributed by atoms with Gasteiger partial charge < -0.3 is 4.90 Å². The van der Waals surface area contributed by atoms with Gasteiger partial charge in [0.2, 0.25) is 5.91 Å². The van der Waals surface area contributed by atoms with E-state index >= 15 is 0 Å². The van der Waals surface area contributed by atoms with E-state index in [2.05, 4.69) is 50.0 Å². The van der Waals surface area contributed by atoms with Gasteiger partial charge in [-0.15, -0.1) is 11.3 Å². The Balaban J connectivity index is 1.62. The van der Waals surface area contributed by atoms with Gasteiger partial charge in [0.15, 0.2) is 0 Å². The minimum atomic E-state index is 0.0983. The Morgan fingerprint density at radius 3 is 2.68 bits per heavy atom. The second-order valence-corrected chi connectivity index (χ2v) is 8.63. The zero-order valence-corrected chi connectivity index (χ0v) is 16.1.